The number of anilines is 1. The second kappa shape index (κ2) is 5.70. The lowest BCUT2D eigenvalue weighted by Gasteiger charge is -2.08. The maximum Gasteiger partial charge on any atom is 0.389 e. The molecule has 1 aromatic carbocycles. The average molecular weight is 264 g/mol. The van der Waals surface area contributed by atoms with Gasteiger partial charge in [-0.15, -0.1) is 0 Å². The van der Waals surface area contributed by atoms with Gasteiger partial charge in [0.1, 0.15) is 5.82 Å². The molecule has 0 aliphatic carbocycles. The third kappa shape index (κ3) is 4.60. The minimum absolute atomic E-state index is 0.174. The van der Waals surface area contributed by atoms with Crippen molar-refractivity contribution < 1.29 is 22.4 Å². The topological polar surface area (TPSA) is 55.1 Å². The van der Waals surface area contributed by atoms with Gasteiger partial charge in [0.2, 0.25) is 0 Å². The van der Waals surface area contributed by atoms with Crippen molar-refractivity contribution in [3.05, 3.63) is 29.6 Å². The van der Waals surface area contributed by atoms with Gasteiger partial charge >= 0.3 is 6.18 Å². The first-order valence-corrected chi connectivity index (χ1v) is 5.19. The van der Waals surface area contributed by atoms with Gasteiger partial charge in [0.05, 0.1) is 5.56 Å². The smallest absolute Gasteiger partial charge is 0.389 e. The fourth-order valence-electron chi connectivity index (χ4n) is 1.30. The Morgan fingerprint density at radius 2 is 2.00 bits per heavy atom. The van der Waals surface area contributed by atoms with E-state index in [1.165, 1.54) is 6.07 Å². The van der Waals surface area contributed by atoms with Crippen molar-refractivity contribution in [2.45, 2.75) is 19.0 Å². The van der Waals surface area contributed by atoms with Crippen LogP contribution in [0.1, 0.15) is 23.2 Å². The summed E-state index contributed by atoms with van der Waals surface area (Å²) >= 11 is 0. The van der Waals surface area contributed by atoms with E-state index in [1.807, 2.05) is 0 Å². The molecule has 0 spiro atoms. The first-order chi connectivity index (χ1) is 8.29. The molecule has 0 saturated heterocycles. The molecule has 1 amide bonds. The molecule has 0 radical (unpaired) electrons. The summed E-state index contributed by atoms with van der Waals surface area (Å²) in [6, 6.07) is 3.45. The van der Waals surface area contributed by atoms with Crippen LogP contribution in [-0.4, -0.2) is 18.6 Å². The first kappa shape index (κ1) is 14.3. The zero-order valence-corrected chi connectivity index (χ0v) is 9.35. The van der Waals surface area contributed by atoms with Crippen LogP contribution in [0.3, 0.4) is 0 Å². The Morgan fingerprint density at radius 1 is 1.33 bits per heavy atom. The largest absolute Gasteiger partial charge is 0.399 e. The number of nitrogens with one attached hydrogen (secondary N) is 1. The fraction of sp³-hybridized carbons (Fsp3) is 0.364. The number of alkyl halides is 3. The monoisotopic (exact) mass is 264 g/mol. The van der Waals surface area contributed by atoms with E-state index in [0.29, 0.717) is 0 Å². The summed E-state index contributed by atoms with van der Waals surface area (Å²) in [5, 5.41) is 2.21. The van der Waals surface area contributed by atoms with Crippen LogP contribution in [-0.2, 0) is 0 Å². The summed E-state index contributed by atoms with van der Waals surface area (Å²) in [6.07, 6.45) is -5.50. The highest BCUT2D eigenvalue weighted by atomic mass is 19.4. The fourth-order valence-corrected chi connectivity index (χ4v) is 1.30. The van der Waals surface area contributed by atoms with Gasteiger partial charge < -0.3 is 11.1 Å². The molecule has 1 aromatic rings. The zero-order valence-electron chi connectivity index (χ0n) is 9.35. The van der Waals surface area contributed by atoms with Crippen molar-refractivity contribution in [3.8, 4) is 0 Å². The molecule has 0 saturated carbocycles. The lowest BCUT2D eigenvalue weighted by molar-refractivity contribution is -0.135. The highest BCUT2D eigenvalue weighted by Gasteiger charge is 2.26. The summed E-state index contributed by atoms with van der Waals surface area (Å²) in [6.45, 7) is -0.174. The molecule has 0 aromatic heterocycles. The van der Waals surface area contributed by atoms with Crippen LogP contribution in [0.25, 0.3) is 0 Å². The van der Waals surface area contributed by atoms with E-state index < -0.39 is 24.3 Å². The number of nitrogen functional groups attached to an aromatic ring is 1. The number of hydrogen-bond acceptors (Lipinski definition) is 2. The van der Waals surface area contributed by atoms with Gasteiger partial charge in [0, 0.05) is 18.7 Å². The quantitative estimate of drug-likeness (QED) is 0.498. The molecule has 0 unspecified atom stereocenters. The normalized spacial score (nSPS) is 11.3. The SMILES string of the molecule is Nc1ccc(F)c(C(=O)NCCCC(F)(F)F)c1. The van der Waals surface area contributed by atoms with Crippen molar-refractivity contribution in [3.63, 3.8) is 0 Å². The molecular weight excluding hydrogens is 252 g/mol. The summed E-state index contributed by atoms with van der Waals surface area (Å²) in [7, 11) is 0. The number of benzene rings is 1. The summed E-state index contributed by atoms with van der Waals surface area (Å²) in [5.41, 5.74) is 5.31. The van der Waals surface area contributed by atoms with Crippen LogP contribution in [0.4, 0.5) is 23.2 Å². The lowest BCUT2D eigenvalue weighted by Crippen LogP contribution is -2.26. The maximum atomic E-state index is 13.2. The van der Waals surface area contributed by atoms with Crippen molar-refractivity contribution in [1.82, 2.24) is 5.32 Å². The number of carbonyl (C=O) groups excluding carboxylic acids is 1. The van der Waals surface area contributed by atoms with Gasteiger partial charge in [-0.1, -0.05) is 0 Å². The molecule has 1 rings (SSSR count). The van der Waals surface area contributed by atoms with Crippen molar-refractivity contribution in [2.75, 3.05) is 12.3 Å². The highest BCUT2D eigenvalue weighted by molar-refractivity contribution is 5.95. The Labute approximate surface area is 101 Å². The van der Waals surface area contributed by atoms with Gasteiger partial charge in [0.25, 0.3) is 5.91 Å². The maximum absolute atomic E-state index is 13.2. The molecule has 7 heteroatoms. The summed E-state index contributed by atoms with van der Waals surface area (Å²) in [4.78, 5) is 11.5. The van der Waals surface area contributed by atoms with Crippen LogP contribution >= 0.6 is 0 Å². The molecule has 0 atom stereocenters. The van der Waals surface area contributed by atoms with Crippen molar-refractivity contribution in [1.29, 1.82) is 0 Å². The molecule has 0 aliphatic heterocycles. The Kier molecular flexibility index (Phi) is 4.52. The standard InChI is InChI=1S/C11H12F4N2O/c12-9-3-2-7(16)6-8(9)10(18)17-5-1-4-11(13,14)15/h2-3,6H,1,4-5,16H2,(H,17,18). The molecule has 0 fully saturated rings. The Bertz CT molecular complexity index is 432. The van der Waals surface area contributed by atoms with Gasteiger partial charge in [0.15, 0.2) is 0 Å². The third-order valence-corrected chi connectivity index (χ3v) is 2.16. The van der Waals surface area contributed by atoms with E-state index >= 15 is 0 Å². The Hall–Kier alpha value is -1.79. The average Bonchev–Trinajstić information content (AvgIpc) is 2.26. The second-order valence-electron chi connectivity index (χ2n) is 3.71. The van der Waals surface area contributed by atoms with Gasteiger partial charge in [-0.25, -0.2) is 4.39 Å². The predicted octanol–water partition coefficient (Wildman–Crippen LogP) is 2.48. The minimum atomic E-state index is -4.26. The third-order valence-electron chi connectivity index (χ3n) is 2.16. The van der Waals surface area contributed by atoms with E-state index in [9.17, 15) is 22.4 Å². The van der Waals surface area contributed by atoms with E-state index in [1.54, 1.807) is 0 Å². The Morgan fingerprint density at radius 3 is 2.61 bits per heavy atom. The van der Waals surface area contributed by atoms with Crippen LogP contribution < -0.4 is 11.1 Å². The zero-order chi connectivity index (χ0) is 13.8. The van der Waals surface area contributed by atoms with E-state index in [0.717, 1.165) is 12.1 Å². The first-order valence-electron chi connectivity index (χ1n) is 5.19. The molecule has 0 bridgehead atoms. The summed E-state index contributed by atoms with van der Waals surface area (Å²) < 4.78 is 48.7. The van der Waals surface area contributed by atoms with Crippen molar-refractivity contribution in [2.24, 2.45) is 0 Å². The van der Waals surface area contributed by atoms with Crippen LogP contribution in [0.15, 0.2) is 18.2 Å². The lowest BCUT2D eigenvalue weighted by atomic mass is 10.1. The van der Waals surface area contributed by atoms with Crippen LogP contribution in [0, 0.1) is 5.82 Å². The van der Waals surface area contributed by atoms with Gasteiger partial charge in [-0.3, -0.25) is 4.79 Å². The number of hydrogen-bond donors (Lipinski definition) is 2. The summed E-state index contributed by atoms with van der Waals surface area (Å²) in [5.74, 6) is -1.54. The molecular formula is C11H12F4N2O. The Balaban J connectivity index is 2.48. The predicted molar refractivity (Wildman–Crippen MR) is 58.4 cm³/mol. The van der Waals surface area contributed by atoms with E-state index in [4.69, 9.17) is 5.73 Å². The van der Waals surface area contributed by atoms with Crippen LogP contribution in [0.2, 0.25) is 0 Å². The van der Waals surface area contributed by atoms with Crippen molar-refractivity contribution >= 4 is 11.6 Å². The van der Waals surface area contributed by atoms with Gasteiger partial charge in [-0.2, -0.15) is 13.2 Å². The highest BCUT2D eigenvalue weighted by Crippen LogP contribution is 2.20. The molecule has 3 nitrogen and oxygen atoms in total. The molecule has 3 N–H and O–H groups in total. The second-order valence-corrected chi connectivity index (χ2v) is 3.71. The minimum Gasteiger partial charge on any atom is -0.399 e. The van der Waals surface area contributed by atoms with E-state index in [2.05, 4.69) is 5.32 Å². The molecule has 0 heterocycles. The number of halogens is 4. The number of nitrogens with two attached hydrogens (primary N) is 1. The van der Waals surface area contributed by atoms with Crippen LogP contribution in [0.5, 0.6) is 0 Å². The van der Waals surface area contributed by atoms with Gasteiger partial charge in [-0.05, 0) is 24.6 Å². The molecule has 0 aliphatic rings. The number of amides is 1. The molecule has 18 heavy (non-hydrogen) atoms. The molecule has 100 valence electrons. The number of carbonyl (C=O) groups is 1. The number of rotatable bonds is 4. The van der Waals surface area contributed by atoms with E-state index in [-0.39, 0.29) is 24.2 Å².